The summed E-state index contributed by atoms with van der Waals surface area (Å²) in [6, 6.07) is -0.189. The number of piperazine rings is 1. The zero-order valence-corrected chi connectivity index (χ0v) is 7.23. The molecule has 64 valence electrons. The summed E-state index contributed by atoms with van der Waals surface area (Å²) < 4.78 is 0. The van der Waals surface area contributed by atoms with E-state index < -0.39 is 0 Å². The van der Waals surface area contributed by atoms with Crippen molar-refractivity contribution in [2.45, 2.75) is 6.04 Å². The summed E-state index contributed by atoms with van der Waals surface area (Å²) in [5, 5.41) is 5.93. The first-order valence-electron chi connectivity index (χ1n) is 3.77. The normalized spacial score (nSPS) is 23.7. The Bertz CT molecular complexity index is 272. The molecule has 0 aromatic carbocycles. The molecular weight excluding hydrogens is 174 g/mol. The Morgan fingerprint density at radius 1 is 1.58 bits per heavy atom. The van der Waals surface area contributed by atoms with Crippen LogP contribution >= 0.6 is 11.3 Å². The molecule has 0 spiro atoms. The number of hydrogen-bond donors (Lipinski definition) is 2. The summed E-state index contributed by atoms with van der Waals surface area (Å²) >= 11 is 1.50. The largest absolute Gasteiger partial charge is 0.353 e. The van der Waals surface area contributed by atoms with Gasteiger partial charge in [-0.2, -0.15) is 0 Å². The molecule has 1 aromatic rings. The Hall–Kier alpha value is -0.940. The van der Waals surface area contributed by atoms with E-state index in [1.165, 1.54) is 11.3 Å². The minimum absolute atomic E-state index is 0.0468. The van der Waals surface area contributed by atoms with Crippen molar-refractivity contribution in [2.24, 2.45) is 0 Å². The second-order valence-corrected chi connectivity index (χ2v) is 3.50. The predicted octanol–water partition coefficient (Wildman–Crippen LogP) is -0.0964. The Balaban J connectivity index is 2.17. The Labute approximate surface area is 74.0 Å². The molecule has 1 fully saturated rings. The highest BCUT2D eigenvalue weighted by Gasteiger charge is 2.23. The fourth-order valence-corrected chi connectivity index (χ4v) is 1.89. The van der Waals surface area contributed by atoms with E-state index in [1.807, 2.05) is 0 Å². The highest BCUT2D eigenvalue weighted by atomic mass is 32.1. The summed E-state index contributed by atoms with van der Waals surface area (Å²) in [6.45, 7) is 1.54. The monoisotopic (exact) mass is 183 g/mol. The van der Waals surface area contributed by atoms with Crippen molar-refractivity contribution in [3.8, 4) is 0 Å². The molecule has 1 amide bonds. The molecule has 12 heavy (non-hydrogen) atoms. The van der Waals surface area contributed by atoms with Crippen LogP contribution in [0.2, 0.25) is 0 Å². The second kappa shape index (κ2) is 3.20. The van der Waals surface area contributed by atoms with Crippen LogP contribution in [-0.4, -0.2) is 24.0 Å². The minimum Gasteiger partial charge on any atom is -0.353 e. The second-order valence-electron chi connectivity index (χ2n) is 2.58. The van der Waals surface area contributed by atoms with E-state index in [2.05, 4.69) is 15.6 Å². The molecule has 0 radical (unpaired) electrons. The van der Waals surface area contributed by atoms with Crippen LogP contribution in [0.5, 0.6) is 0 Å². The highest BCUT2D eigenvalue weighted by Crippen LogP contribution is 2.17. The van der Waals surface area contributed by atoms with E-state index in [9.17, 15) is 4.79 Å². The van der Waals surface area contributed by atoms with Gasteiger partial charge in [-0.15, -0.1) is 11.3 Å². The number of rotatable bonds is 1. The third-order valence-electron chi connectivity index (χ3n) is 1.77. The number of carbonyl (C=O) groups excluding carboxylic acids is 1. The highest BCUT2D eigenvalue weighted by molar-refractivity contribution is 7.09. The van der Waals surface area contributed by atoms with Crippen LogP contribution < -0.4 is 10.6 Å². The van der Waals surface area contributed by atoms with Gasteiger partial charge >= 0.3 is 0 Å². The first-order chi connectivity index (χ1) is 5.88. The molecule has 2 N–H and O–H groups in total. The van der Waals surface area contributed by atoms with Gasteiger partial charge in [0, 0.05) is 19.3 Å². The van der Waals surface area contributed by atoms with Gasteiger partial charge in [-0.25, -0.2) is 0 Å². The fourth-order valence-electron chi connectivity index (χ4n) is 1.19. The number of hydrogen-bond acceptors (Lipinski definition) is 4. The lowest BCUT2D eigenvalue weighted by Gasteiger charge is -2.21. The van der Waals surface area contributed by atoms with Crippen molar-refractivity contribution >= 4 is 17.2 Å². The molecule has 4 nitrogen and oxygen atoms in total. The standard InChI is InChI=1S/C7H9N3OS/c11-7-6(9-1-2-10-7)5-3-8-4-12-5/h3-4,6,9H,1-2H2,(H,10,11). The van der Waals surface area contributed by atoms with Crippen LogP contribution in [0.3, 0.4) is 0 Å². The molecule has 1 atom stereocenters. The van der Waals surface area contributed by atoms with E-state index in [1.54, 1.807) is 11.7 Å². The Morgan fingerprint density at radius 2 is 2.50 bits per heavy atom. The smallest absolute Gasteiger partial charge is 0.242 e. The van der Waals surface area contributed by atoms with Gasteiger partial charge in [-0.05, 0) is 0 Å². The molecular formula is C7H9N3OS. The van der Waals surface area contributed by atoms with Gasteiger partial charge in [0.15, 0.2) is 0 Å². The maximum atomic E-state index is 11.3. The van der Waals surface area contributed by atoms with Crippen molar-refractivity contribution in [1.29, 1.82) is 0 Å². The van der Waals surface area contributed by atoms with E-state index >= 15 is 0 Å². The number of nitrogens with one attached hydrogen (secondary N) is 2. The molecule has 1 unspecified atom stereocenters. The molecule has 2 heterocycles. The van der Waals surface area contributed by atoms with E-state index in [-0.39, 0.29) is 11.9 Å². The van der Waals surface area contributed by atoms with Crippen LogP contribution in [-0.2, 0) is 4.79 Å². The van der Waals surface area contributed by atoms with Crippen molar-refractivity contribution < 1.29 is 4.79 Å². The number of carbonyl (C=O) groups is 1. The summed E-state index contributed by atoms with van der Waals surface area (Å²) in [4.78, 5) is 16.2. The first-order valence-corrected chi connectivity index (χ1v) is 4.65. The Morgan fingerprint density at radius 3 is 3.17 bits per heavy atom. The van der Waals surface area contributed by atoms with E-state index in [4.69, 9.17) is 0 Å². The van der Waals surface area contributed by atoms with Crippen LogP contribution in [0, 0.1) is 0 Å². The zero-order chi connectivity index (χ0) is 8.39. The van der Waals surface area contributed by atoms with Gasteiger partial charge in [0.2, 0.25) is 5.91 Å². The average Bonchev–Trinajstić information content (AvgIpc) is 2.57. The molecule has 0 bridgehead atoms. The third-order valence-corrected chi connectivity index (χ3v) is 2.61. The Kier molecular flexibility index (Phi) is 2.05. The summed E-state index contributed by atoms with van der Waals surface area (Å²) in [7, 11) is 0. The number of nitrogens with zero attached hydrogens (tertiary/aromatic N) is 1. The number of aromatic nitrogens is 1. The maximum Gasteiger partial charge on any atom is 0.242 e. The van der Waals surface area contributed by atoms with Gasteiger partial charge in [-0.3, -0.25) is 15.1 Å². The maximum absolute atomic E-state index is 11.3. The molecule has 1 aromatic heterocycles. The fraction of sp³-hybridized carbons (Fsp3) is 0.429. The molecule has 0 saturated carbocycles. The summed E-state index contributed by atoms with van der Waals surface area (Å²) in [5.74, 6) is 0.0468. The average molecular weight is 183 g/mol. The summed E-state index contributed by atoms with van der Waals surface area (Å²) in [5.41, 5.74) is 1.74. The molecule has 1 saturated heterocycles. The molecule has 1 aliphatic rings. The lowest BCUT2D eigenvalue weighted by molar-refractivity contribution is -0.124. The predicted molar refractivity (Wildman–Crippen MR) is 45.9 cm³/mol. The van der Waals surface area contributed by atoms with Crippen molar-refractivity contribution in [3.05, 3.63) is 16.6 Å². The first kappa shape index (κ1) is 7.70. The quantitative estimate of drug-likeness (QED) is 0.639. The topological polar surface area (TPSA) is 54.0 Å². The number of thiazole rings is 1. The molecule has 0 aliphatic carbocycles. The molecule has 1 aliphatic heterocycles. The van der Waals surface area contributed by atoms with Gasteiger partial charge < -0.3 is 5.32 Å². The van der Waals surface area contributed by atoms with Gasteiger partial charge in [-0.1, -0.05) is 0 Å². The van der Waals surface area contributed by atoms with Crippen LogP contribution in [0.25, 0.3) is 0 Å². The van der Waals surface area contributed by atoms with Crippen LogP contribution in [0.4, 0.5) is 0 Å². The van der Waals surface area contributed by atoms with E-state index in [0.29, 0.717) is 6.54 Å². The zero-order valence-electron chi connectivity index (χ0n) is 6.41. The van der Waals surface area contributed by atoms with Crippen LogP contribution in [0.15, 0.2) is 11.7 Å². The minimum atomic E-state index is -0.189. The van der Waals surface area contributed by atoms with E-state index in [0.717, 1.165) is 11.4 Å². The van der Waals surface area contributed by atoms with Crippen molar-refractivity contribution in [2.75, 3.05) is 13.1 Å². The summed E-state index contributed by atoms with van der Waals surface area (Å²) in [6.07, 6.45) is 1.73. The lowest BCUT2D eigenvalue weighted by Crippen LogP contribution is -2.46. The third kappa shape index (κ3) is 1.33. The van der Waals surface area contributed by atoms with Crippen LogP contribution in [0.1, 0.15) is 10.9 Å². The molecule has 5 heteroatoms. The lowest BCUT2D eigenvalue weighted by atomic mass is 10.2. The van der Waals surface area contributed by atoms with Gasteiger partial charge in [0.05, 0.1) is 10.4 Å². The number of amides is 1. The molecule has 2 rings (SSSR count). The van der Waals surface area contributed by atoms with Gasteiger partial charge in [0.1, 0.15) is 6.04 Å². The van der Waals surface area contributed by atoms with Gasteiger partial charge in [0.25, 0.3) is 0 Å². The SMILES string of the molecule is O=C1NCCNC1c1cncs1. The van der Waals surface area contributed by atoms with Crippen molar-refractivity contribution in [1.82, 2.24) is 15.6 Å². The van der Waals surface area contributed by atoms with Crippen molar-refractivity contribution in [3.63, 3.8) is 0 Å².